The number of hydrogen-bond acceptors (Lipinski definition) is 3. The Hall–Kier alpha value is -3.09. The molecule has 0 radical (unpaired) electrons. The lowest BCUT2D eigenvalue weighted by molar-refractivity contribution is 0.0934. The number of aromatic nitrogens is 3. The summed E-state index contributed by atoms with van der Waals surface area (Å²) in [4.78, 5) is 12.3. The Labute approximate surface area is 143 Å². The minimum absolute atomic E-state index is 0.177. The number of nitrogens with one attached hydrogen (secondary N) is 1. The van der Waals surface area contributed by atoms with Gasteiger partial charge in [0.1, 0.15) is 11.6 Å². The van der Waals surface area contributed by atoms with Gasteiger partial charge in [0.05, 0.1) is 18.8 Å². The van der Waals surface area contributed by atoms with E-state index in [-0.39, 0.29) is 29.3 Å². The van der Waals surface area contributed by atoms with E-state index in [9.17, 15) is 13.6 Å². The maximum absolute atomic E-state index is 13.0. The molecular formula is C18H16F2N4O. The average Bonchev–Trinajstić information content (AvgIpc) is 3.06. The summed E-state index contributed by atoms with van der Waals surface area (Å²) < 4.78 is 27.4. The first kappa shape index (κ1) is 16.8. The number of carbonyl (C=O) groups excluding carboxylic acids is 1. The van der Waals surface area contributed by atoms with Gasteiger partial charge < -0.3 is 5.32 Å². The minimum atomic E-state index is -0.373. The van der Waals surface area contributed by atoms with E-state index < -0.39 is 0 Å². The van der Waals surface area contributed by atoms with Gasteiger partial charge in [-0.15, -0.1) is 5.10 Å². The van der Waals surface area contributed by atoms with Gasteiger partial charge >= 0.3 is 0 Å². The summed E-state index contributed by atoms with van der Waals surface area (Å²) in [6.45, 7) is 2.18. The fraction of sp³-hybridized carbons (Fsp3) is 0.167. The van der Waals surface area contributed by atoms with Crippen molar-refractivity contribution in [3.8, 4) is 0 Å². The molecular weight excluding hydrogens is 326 g/mol. The van der Waals surface area contributed by atoms with Gasteiger partial charge in [-0.3, -0.25) is 4.79 Å². The molecule has 1 atom stereocenters. The molecule has 3 rings (SSSR count). The molecule has 25 heavy (non-hydrogen) atoms. The van der Waals surface area contributed by atoms with Crippen LogP contribution in [0.5, 0.6) is 0 Å². The van der Waals surface area contributed by atoms with Crippen molar-refractivity contribution in [1.82, 2.24) is 20.3 Å². The van der Waals surface area contributed by atoms with Crippen LogP contribution in [-0.2, 0) is 6.54 Å². The number of carbonyl (C=O) groups is 1. The molecule has 1 unspecified atom stereocenters. The van der Waals surface area contributed by atoms with Gasteiger partial charge in [0.2, 0.25) is 0 Å². The Morgan fingerprint density at radius 3 is 2.32 bits per heavy atom. The minimum Gasteiger partial charge on any atom is -0.344 e. The van der Waals surface area contributed by atoms with Crippen LogP contribution in [0.1, 0.15) is 34.6 Å². The van der Waals surface area contributed by atoms with Gasteiger partial charge in [0.25, 0.3) is 5.91 Å². The van der Waals surface area contributed by atoms with Crippen molar-refractivity contribution in [3.63, 3.8) is 0 Å². The van der Waals surface area contributed by atoms with Crippen LogP contribution >= 0.6 is 0 Å². The standard InChI is InChI=1S/C18H16F2N4O/c1-12(14-4-8-16(20)9-5-14)21-18(25)17-11-24(23-22-17)10-13-2-6-15(19)7-3-13/h2-9,11-12H,10H2,1H3,(H,21,25). The fourth-order valence-corrected chi connectivity index (χ4v) is 2.36. The monoisotopic (exact) mass is 342 g/mol. The SMILES string of the molecule is CC(NC(=O)c1cn(Cc2ccc(F)cc2)nn1)c1ccc(F)cc1. The molecule has 2 aromatic carbocycles. The van der Waals surface area contributed by atoms with Crippen molar-refractivity contribution < 1.29 is 13.6 Å². The first-order chi connectivity index (χ1) is 12.0. The van der Waals surface area contributed by atoms with Crippen LogP contribution in [-0.4, -0.2) is 20.9 Å². The molecule has 1 N–H and O–H groups in total. The highest BCUT2D eigenvalue weighted by atomic mass is 19.1. The van der Waals surface area contributed by atoms with Gasteiger partial charge in [0.15, 0.2) is 5.69 Å². The van der Waals surface area contributed by atoms with Crippen LogP contribution in [0.2, 0.25) is 0 Å². The number of benzene rings is 2. The predicted molar refractivity (Wildman–Crippen MR) is 87.8 cm³/mol. The molecule has 1 heterocycles. The molecule has 0 saturated heterocycles. The Bertz CT molecular complexity index is 860. The molecule has 0 aliphatic heterocycles. The Morgan fingerprint density at radius 2 is 1.68 bits per heavy atom. The average molecular weight is 342 g/mol. The van der Waals surface area contributed by atoms with Crippen LogP contribution < -0.4 is 5.32 Å². The van der Waals surface area contributed by atoms with Crippen LogP contribution in [0, 0.1) is 11.6 Å². The highest BCUT2D eigenvalue weighted by Gasteiger charge is 2.15. The number of halogens is 2. The van der Waals surface area contributed by atoms with Gasteiger partial charge in [-0.1, -0.05) is 29.5 Å². The third-order valence-corrected chi connectivity index (χ3v) is 3.75. The van der Waals surface area contributed by atoms with Crippen LogP contribution in [0.4, 0.5) is 8.78 Å². The largest absolute Gasteiger partial charge is 0.344 e. The van der Waals surface area contributed by atoms with Crippen molar-refractivity contribution in [3.05, 3.63) is 83.2 Å². The molecule has 0 spiro atoms. The van der Waals surface area contributed by atoms with Crippen molar-refractivity contribution in [1.29, 1.82) is 0 Å². The van der Waals surface area contributed by atoms with Crippen molar-refractivity contribution >= 4 is 5.91 Å². The number of rotatable bonds is 5. The Balaban J connectivity index is 1.63. The number of amides is 1. The first-order valence-corrected chi connectivity index (χ1v) is 7.72. The quantitative estimate of drug-likeness (QED) is 0.775. The molecule has 5 nitrogen and oxygen atoms in total. The fourth-order valence-electron chi connectivity index (χ4n) is 2.36. The second-order valence-corrected chi connectivity index (χ2v) is 5.67. The highest BCUT2D eigenvalue weighted by Crippen LogP contribution is 2.13. The van der Waals surface area contributed by atoms with Crippen molar-refractivity contribution in [2.24, 2.45) is 0 Å². The summed E-state index contributed by atoms with van der Waals surface area (Å²) >= 11 is 0. The van der Waals surface area contributed by atoms with E-state index >= 15 is 0 Å². The van der Waals surface area contributed by atoms with Crippen LogP contribution in [0.15, 0.2) is 54.7 Å². The molecule has 0 fully saturated rings. The third-order valence-electron chi connectivity index (χ3n) is 3.75. The van der Waals surface area contributed by atoms with E-state index in [4.69, 9.17) is 0 Å². The Kier molecular flexibility index (Phi) is 4.83. The lowest BCUT2D eigenvalue weighted by atomic mass is 10.1. The zero-order chi connectivity index (χ0) is 17.8. The molecule has 1 amide bonds. The summed E-state index contributed by atoms with van der Waals surface area (Å²) in [6.07, 6.45) is 1.52. The summed E-state index contributed by atoms with van der Waals surface area (Å²) in [7, 11) is 0. The van der Waals surface area contributed by atoms with Gasteiger partial charge in [-0.05, 0) is 42.3 Å². The Morgan fingerprint density at radius 1 is 1.08 bits per heavy atom. The maximum Gasteiger partial charge on any atom is 0.273 e. The topological polar surface area (TPSA) is 59.8 Å². The molecule has 0 saturated carbocycles. The van der Waals surface area contributed by atoms with E-state index in [0.29, 0.717) is 6.54 Å². The lowest BCUT2D eigenvalue weighted by Gasteiger charge is -2.13. The van der Waals surface area contributed by atoms with Crippen molar-refractivity contribution in [2.75, 3.05) is 0 Å². The molecule has 7 heteroatoms. The molecule has 3 aromatic rings. The van der Waals surface area contributed by atoms with E-state index in [1.807, 2.05) is 0 Å². The zero-order valence-electron chi connectivity index (χ0n) is 13.5. The summed E-state index contributed by atoms with van der Waals surface area (Å²) in [5.41, 5.74) is 1.81. The smallest absolute Gasteiger partial charge is 0.273 e. The van der Waals surface area contributed by atoms with Crippen LogP contribution in [0.3, 0.4) is 0 Å². The van der Waals surface area contributed by atoms with Crippen LogP contribution in [0.25, 0.3) is 0 Å². The number of nitrogens with zero attached hydrogens (tertiary/aromatic N) is 3. The maximum atomic E-state index is 13.0. The van der Waals surface area contributed by atoms with Gasteiger partial charge in [-0.2, -0.15) is 0 Å². The molecule has 0 aliphatic rings. The second-order valence-electron chi connectivity index (χ2n) is 5.67. The molecule has 0 aliphatic carbocycles. The predicted octanol–water partition coefficient (Wildman–Crippen LogP) is 3.10. The van der Waals surface area contributed by atoms with E-state index in [0.717, 1.165) is 11.1 Å². The molecule has 1 aromatic heterocycles. The summed E-state index contributed by atoms with van der Waals surface area (Å²) in [5.74, 6) is -1.01. The molecule has 0 bridgehead atoms. The van der Waals surface area contributed by atoms with E-state index in [2.05, 4.69) is 15.6 Å². The summed E-state index contributed by atoms with van der Waals surface area (Å²) in [6, 6.07) is 11.6. The van der Waals surface area contributed by atoms with E-state index in [1.54, 1.807) is 31.2 Å². The highest BCUT2D eigenvalue weighted by molar-refractivity contribution is 5.92. The second kappa shape index (κ2) is 7.21. The third kappa shape index (κ3) is 4.26. The van der Waals surface area contributed by atoms with Gasteiger partial charge in [0, 0.05) is 0 Å². The van der Waals surface area contributed by atoms with Gasteiger partial charge in [-0.25, -0.2) is 13.5 Å². The normalized spacial score (nSPS) is 12.0. The summed E-state index contributed by atoms with van der Waals surface area (Å²) in [5, 5.41) is 10.6. The molecule has 128 valence electrons. The van der Waals surface area contributed by atoms with E-state index in [1.165, 1.54) is 35.1 Å². The number of hydrogen-bond donors (Lipinski definition) is 1. The zero-order valence-corrected chi connectivity index (χ0v) is 13.5. The first-order valence-electron chi connectivity index (χ1n) is 7.72. The lowest BCUT2D eigenvalue weighted by Crippen LogP contribution is -2.27. The van der Waals surface area contributed by atoms with Crippen molar-refractivity contribution in [2.45, 2.75) is 19.5 Å².